The molecule has 3 N–H and O–H groups in total. The first-order valence-corrected chi connectivity index (χ1v) is 8.25. The van der Waals surface area contributed by atoms with Crippen LogP contribution in [0.15, 0.2) is 17.0 Å². The molecule has 10 heteroatoms. The van der Waals surface area contributed by atoms with Gasteiger partial charge in [0, 0.05) is 11.4 Å². The summed E-state index contributed by atoms with van der Waals surface area (Å²) in [4.78, 5) is 21.3. The smallest absolute Gasteiger partial charge is 0.321 e. The normalized spacial score (nSPS) is 12.7. The van der Waals surface area contributed by atoms with Crippen molar-refractivity contribution >= 4 is 33.6 Å². The minimum atomic E-state index is -4.27. The quantitative estimate of drug-likeness (QED) is 0.632. The molecule has 128 valence electrons. The maximum atomic E-state index is 12.4. The Labute approximate surface area is 138 Å². The lowest BCUT2D eigenvalue weighted by Gasteiger charge is -2.16. The van der Waals surface area contributed by atoms with Crippen LogP contribution in [0, 0.1) is 6.92 Å². The Hall–Kier alpha value is -1.84. The first-order chi connectivity index (χ1) is 10.6. The van der Waals surface area contributed by atoms with E-state index in [1.54, 1.807) is 6.92 Å². The number of nitrogens with one attached hydrogen (secondary N) is 1. The van der Waals surface area contributed by atoms with Crippen LogP contribution in [0.25, 0.3) is 0 Å². The summed E-state index contributed by atoms with van der Waals surface area (Å²) in [6.07, 6.45) is -0.892. The predicted octanol–water partition coefficient (Wildman–Crippen LogP) is 1.25. The number of hydrogen-bond donors (Lipinski definition) is 3. The number of rotatable bonds is 8. The molecule has 0 aliphatic carbocycles. The van der Waals surface area contributed by atoms with Crippen LogP contribution in [-0.4, -0.2) is 43.7 Å². The molecule has 0 fully saturated rings. The summed E-state index contributed by atoms with van der Waals surface area (Å²) in [6, 6.07) is 0.971. The highest BCUT2D eigenvalue weighted by Gasteiger charge is 2.28. The zero-order valence-electron chi connectivity index (χ0n) is 12.4. The van der Waals surface area contributed by atoms with Crippen molar-refractivity contribution in [3.8, 4) is 5.75 Å². The predicted molar refractivity (Wildman–Crippen MR) is 81.4 cm³/mol. The minimum absolute atomic E-state index is 0.00164. The maximum Gasteiger partial charge on any atom is 0.321 e. The first kappa shape index (κ1) is 19.2. The number of methoxy groups -OCH3 is 1. The summed E-state index contributed by atoms with van der Waals surface area (Å²) >= 11 is 5.91. The van der Waals surface area contributed by atoms with E-state index in [0.29, 0.717) is 5.56 Å². The molecule has 0 aliphatic heterocycles. The van der Waals surface area contributed by atoms with Crippen LogP contribution in [0.4, 0.5) is 0 Å². The first-order valence-electron chi connectivity index (χ1n) is 6.39. The highest BCUT2D eigenvalue weighted by molar-refractivity contribution is 7.89. The number of carboxylic acid groups (broad SMARTS) is 2. The monoisotopic (exact) mass is 365 g/mol. The molecule has 0 amide bonds. The second-order valence-corrected chi connectivity index (χ2v) is 6.79. The van der Waals surface area contributed by atoms with E-state index < -0.39 is 40.8 Å². The molecule has 1 rings (SSSR count). The second kappa shape index (κ2) is 7.62. The van der Waals surface area contributed by atoms with E-state index in [4.69, 9.17) is 26.6 Å². The Kier molecular flexibility index (Phi) is 6.37. The molecule has 0 saturated heterocycles. The average molecular weight is 366 g/mol. The van der Waals surface area contributed by atoms with Crippen molar-refractivity contribution in [1.29, 1.82) is 0 Å². The van der Waals surface area contributed by atoms with Crippen LogP contribution in [0.2, 0.25) is 5.02 Å². The van der Waals surface area contributed by atoms with Gasteiger partial charge in [-0.3, -0.25) is 9.59 Å². The number of benzene rings is 1. The molecule has 1 aromatic rings. The van der Waals surface area contributed by atoms with Gasteiger partial charge in [-0.2, -0.15) is 4.72 Å². The number of hydrogen-bond acceptors (Lipinski definition) is 5. The molecule has 0 aliphatic rings. The molecule has 0 spiro atoms. The standard InChI is InChI=1S/C13H16ClNO7S/c1-7-5-10(22-2)11(6-8(7)14)23(20,21)15-9(13(18)19)3-4-12(16)17/h5-6,9,15H,3-4H2,1-2H3,(H,16,17)(H,18,19). The number of aliphatic carboxylic acids is 2. The number of carbonyl (C=O) groups is 2. The Morgan fingerprint density at radius 3 is 2.43 bits per heavy atom. The third-order valence-corrected chi connectivity index (χ3v) is 4.88. The number of aryl methyl sites for hydroxylation is 1. The zero-order chi connectivity index (χ0) is 17.8. The van der Waals surface area contributed by atoms with Crippen LogP contribution in [0.3, 0.4) is 0 Å². The molecule has 0 heterocycles. The van der Waals surface area contributed by atoms with Crippen molar-refractivity contribution in [2.24, 2.45) is 0 Å². The van der Waals surface area contributed by atoms with Crippen LogP contribution < -0.4 is 9.46 Å². The summed E-state index contributed by atoms with van der Waals surface area (Å²) in [5, 5.41) is 17.8. The number of ether oxygens (including phenoxy) is 1. The lowest BCUT2D eigenvalue weighted by atomic mass is 10.2. The van der Waals surface area contributed by atoms with Gasteiger partial charge in [-0.05, 0) is 31.0 Å². The van der Waals surface area contributed by atoms with Gasteiger partial charge in [-0.25, -0.2) is 8.42 Å². The van der Waals surface area contributed by atoms with E-state index in [1.807, 2.05) is 4.72 Å². The van der Waals surface area contributed by atoms with E-state index >= 15 is 0 Å². The fourth-order valence-electron chi connectivity index (χ4n) is 1.76. The van der Waals surface area contributed by atoms with Crippen LogP contribution in [0.1, 0.15) is 18.4 Å². The van der Waals surface area contributed by atoms with Gasteiger partial charge in [-0.1, -0.05) is 11.6 Å². The SMILES string of the molecule is COc1cc(C)c(Cl)cc1S(=O)(=O)NC(CCC(=O)O)C(=O)O. The van der Waals surface area contributed by atoms with E-state index in [2.05, 4.69) is 0 Å². The van der Waals surface area contributed by atoms with Crippen molar-refractivity contribution in [1.82, 2.24) is 4.72 Å². The molecule has 0 aromatic heterocycles. The Bertz CT molecular complexity index is 717. The fourth-order valence-corrected chi connectivity index (χ4v) is 3.39. The third-order valence-electron chi connectivity index (χ3n) is 2.98. The van der Waals surface area contributed by atoms with Crippen molar-refractivity contribution in [2.75, 3.05) is 7.11 Å². The van der Waals surface area contributed by atoms with Gasteiger partial charge in [0.05, 0.1) is 7.11 Å². The average Bonchev–Trinajstić information content (AvgIpc) is 2.45. The van der Waals surface area contributed by atoms with Gasteiger partial charge in [0.1, 0.15) is 16.7 Å². The van der Waals surface area contributed by atoms with Gasteiger partial charge < -0.3 is 14.9 Å². The summed E-state index contributed by atoms with van der Waals surface area (Å²) < 4.78 is 31.7. The molecule has 23 heavy (non-hydrogen) atoms. The van der Waals surface area contributed by atoms with E-state index in [0.717, 1.165) is 6.07 Å². The fraction of sp³-hybridized carbons (Fsp3) is 0.385. The minimum Gasteiger partial charge on any atom is -0.495 e. The number of halogens is 1. The topological polar surface area (TPSA) is 130 Å². The maximum absolute atomic E-state index is 12.4. The van der Waals surface area contributed by atoms with Crippen LogP contribution in [-0.2, 0) is 19.6 Å². The summed E-state index contributed by atoms with van der Waals surface area (Å²) in [5.74, 6) is -2.71. The molecule has 0 radical (unpaired) electrons. The second-order valence-electron chi connectivity index (χ2n) is 4.70. The van der Waals surface area contributed by atoms with Gasteiger partial charge >= 0.3 is 11.9 Å². The number of sulfonamides is 1. The zero-order valence-corrected chi connectivity index (χ0v) is 13.9. The summed E-state index contributed by atoms with van der Waals surface area (Å²) in [7, 11) is -3.00. The van der Waals surface area contributed by atoms with Crippen LogP contribution in [0.5, 0.6) is 5.75 Å². The summed E-state index contributed by atoms with van der Waals surface area (Å²) in [6.45, 7) is 1.65. The van der Waals surface area contributed by atoms with Crippen molar-refractivity contribution in [3.63, 3.8) is 0 Å². The number of carboxylic acids is 2. The van der Waals surface area contributed by atoms with Crippen molar-refractivity contribution in [2.45, 2.75) is 30.7 Å². The Balaban J connectivity index is 3.17. The van der Waals surface area contributed by atoms with E-state index in [9.17, 15) is 18.0 Å². The van der Waals surface area contributed by atoms with Gasteiger partial charge in [-0.15, -0.1) is 0 Å². The molecule has 0 bridgehead atoms. The van der Waals surface area contributed by atoms with Crippen molar-refractivity contribution < 1.29 is 33.0 Å². The largest absolute Gasteiger partial charge is 0.495 e. The molecule has 1 atom stereocenters. The van der Waals surface area contributed by atoms with Crippen LogP contribution >= 0.6 is 11.6 Å². The van der Waals surface area contributed by atoms with Crippen molar-refractivity contribution in [3.05, 3.63) is 22.7 Å². The molecular formula is C13H16ClNO7S. The van der Waals surface area contributed by atoms with E-state index in [1.165, 1.54) is 13.2 Å². The third kappa shape index (κ3) is 5.08. The van der Waals surface area contributed by atoms with Gasteiger partial charge in [0.15, 0.2) is 0 Å². The Morgan fingerprint density at radius 2 is 1.96 bits per heavy atom. The molecule has 1 unspecified atom stereocenters. The molecule has 1 aromatic carbocycles. The Morgan fingerprint density at radius 1 is 1.35 bits per heavy atom. The van der Waals surface area contributed by atoms with E-state index in [-0.39, 0.29) is 15.7 Å². The molecule has 8 nitrogen and oxygen atoms in total. The molecule has 0 saturated carbocycles. The highest BCUT2D eigenvalue weighted by Crippen LogP contribution is 2.30. The van der Waals surface area contributed by atoms with Gasteiger partial charge in [0.2, 0.25) is 10.0 Å². The lowest BCUT2D eigenvalue weighted by molar-refractivity contribution is -0.140. The summed E-state index contributed by atoms with van der Waals surface area (Å²) in [5.41, 5.74) is 0.586. The molecular weight excluding hydrogens is 350 g/mol. The van der Waals surface area contributed by atoms with Gasteiger partial charge in [0.25, 0.3) is 0 Å². The highest BCUT2D eigenvalue weighted by atomic mass is 35.5. The lowest BCUT2D eigenvalue weighted by Crippen LogP contribution is -2.41.